The minimum absolute atomic E-state index is 0.130. The van der Waals surface area contributed by atoms with Crippen LogP contribution in [0.5, 0.6) is 0 Å². The van der Waals surface area contributed by atoms with Crippen molar-refractivity contribution in [2.75, 3.05) is 6.61 Å². The van der Waals surface area contributed by atoms with E-state index in [1.807, 2.05) is 26.0 Å². The molecule has 1 atom stereocenters. The molecule has 0 aromatic heterocycles. The first-order valence-corrected chi connectivity index (χ1v) is 6.79. The summed E-state index contributed by atoms with van der Waals surface area (Å²) >= 11 is 3.48. The van der Waals surface area contributed by atoms with Gasteiger partial charge in [-0.2, -0.15) is 0 Å². The topological polar surface area (TPSA) is 26.3 Å². The molecule has 0 amide bonds. The molecule has 1 aromatic rings. The fourth-order valence-corrected chi connectivity index (χ4v) is 2.66. The van der Waals surface area contributed by atoms with Crippen LogP contribution in [0.2, 0.25) is 0 Å². The van der Waals surface area contributed by atoms with Gasteiger partial charge in [0, 0.05) is 23.1 Å². The van der Waals surface area contributed by atoms with Crippen LogP contribution in [-0.2, 0) is 4.74 Å². The number of Topliss-reactive ketones (excluding diaryl/α,β-unsaturated/α-hetero) is 1. The highest BCUT2D eigenvalue weighted by Gasteiger charge is 2.21. The van der Waals surface area contributed by atoms with Gasteiger partial charge >= 0.3 is 0 Å². The number of rotatable bonds is 3. The number of hydrogen-bond donors (Lipinski definition) is 0. The summed E-state index contributed by atoms with van der Waals surface area (Å²) in [6.07, 6.45) is 2.74. The average molecular weight is 297 g/mol. The Labute approximate surface area is 110 Å². The van der Waals surface area contributed by atoms with E-state index in [9.17, 15) is 4.79 Å². The molecule has 1 aliphatic heterocycles. The molecule has 0 saturated carbocycles. The lowest BCUT2D eigenvalue weighted by molar-refractivity contribution is 0.0775. The highest BCUT2D eigenvalue weighted by molar-refractivity contribution is 9.10. The predicted octanol–water partition coefficient (Wildman–Crippen LogP) is 3.82. The van der Waals surface area contributed by atoms with Crippen LogP contribution in [-0.4, -0.2) is 18.5 Å². The van der Waals surface area contributed by atoms with Crippen molar-refractivity contribution in [3.63, 3.8) is 0 Å². The molecule has 92 valence electrons. The van der Waals surface area contributed by atoms with E-state index >= 15 is 0 Å². The first-order valence-electron chi connectivity index (χ1n) is 5.99. The van der Waals surface area contributed by atoms with Gasteiger partial charge in [0.25, 0.3) is 0 Å². The minimum atomic E-state index is 0.130. The molecule has 0 N–H and O–H groups in total. The number of aryl methyl sites for hydroxylation is 2. The van der Waals surface area contributed by atoms with E-state index in [1.165, 1.54) is 0 Å². The van der Waals surface area contributed by atoms with Gasteiger partial charge in [-0.25, -0.2) is 0 Å². The van der Waals surface area contributed by atoms with Crippen molar-refractivity contribution in [3.8, 4) is 0 Å². The Morgan fingerprint density at radius 2 is 2.18 bits per heavy atom. The maximum atomic E-state index is 12.2. The lowest BCUT2D eigenvalue weighted by Crippen LogP contribution is -2.13. The quantitative estimate of drug-likeness (QED) is 0.793. The summed E-state index contributed by atoms with van der Waals surface area (Å²) < 4.78 is 6.57. The summed E-state index contributed by atoms with van der Waals surface area (Å²) in [7, 11) is 0. The smallest absolute Gasteiger partial charge is 0.165 e. The van der Waals surface area contributed by atoms with Gasteiger partial charge in [-0.1, -0.05) is 15.9 Å². The molecule has 0 spiro atoms. The van der Waals surface area contributed by atoms with Gasteiger partial charge in [0.15, 0.2) is 5.78 Å². The van der Waals surface area contributed by atoms with Gasteiger partial charge in [0.05, 0.1) is 6.10 Å². The largest absolute Gasteiger partial charge is 0.378 e. The summed E-state index contributed by atoms with van der Waals surface area (Å²) in [4.78, 5) is 12.2. The molecule has 1 saturated heterocycles. The fourth-order valence-electron chi connectivity index (χ4n) is 2.20. The number of benzene rings is 1. The van der Waals surface area contributed by atoms with Crippen LogP contribution >= 0.6 is 15.9 Å². The van der Waals surface area contributed by atoms with Gasteiger partial charge in [-0.15, -0.1) is 0 Å². The Morgan fingerprint density at radius 1 is 1.41 bits per heavy atom. The van der Waals surface area contributed by atoms with Gasteiger partial charge < -0.3 is 4.74 Å². The van der Waals surface area contributed by atoms with Crippen molar-refractivity contribution < 1.29 is 9.53 Å². The number of halogens is 1. The second kappa shape index (κ2) is 5.32. The maximum absolute atomic E-state index is 12.2. The minimum Gasteiger partial charge on any atom is -0.378 e. The van der Waals surface area contributed by atoms with Crippen LogP contribution in [0.4, 0.5) is 0 Å². The van der Waals surface area contributed by atoms with Crippen LogP contribution in [0.3, 0.4) is 0 Å². The van der Waals surface area contributed by atoms with Gasteiger partial charge in [0.1, 0.15) is 0 Å². The average Bonchev–Trinajstić information content (AvgIpc) is 2.76. The number of hydrogen-bond acceptors (Lipinski definition) is 2. The monoisotopic (exact) mass is 296 g/mol. The highest BCUT2D eigenvalue weighted by atomic mass is 79.9. The Hall–Kier alpha value is -0.670. The number of carbonyl (C=O) groups is 1. The summed E-state index contributed by atoms with van der Waals surface area (Å²) in [5, 5.41) is 0. The maximum Gasteiger partial charge on any atom is 0.165 e. The lowest BCUT2D eigenvalue weighted by Gasteiger charge is -2.11. The van der Waals surface area contributed by atoms with Crippen molar-refractivity contribution in [1.29, 1.82) is 0 Å². The zero-order valence-electron chi connectivity index (χ0n) is 10.3. The zero-order valence-corrected chi connectivity index (χ0v) is 11.8. The third kappa shape index (κ3) is 2.96. The fraction of sp³-hybridized carbons (Fsp3) is 0.500. The Morgan fingerprint density at radius 3 is 2.82 bits per heavy atom. The van der Waals surface area contributed by atoms with Gasteiger partial charge in [-0.05, 0) is 49.9 Å². The van der Waals surface area contributed by atoms with Crippen molar-refractivity contribution in [2.24, 2.45) is 0 Å². The van der Waals surface area contributed by atoms with Crippen LogP contribution in [0, 0.1) is 13.8 Å². The molecule has 1 aromatic carbocycles. The molecule has 3 heteroatoms. The molecule has 17 heavy (non-hydrogen) atoms. The van der Waals surface area contributed by atoms with Gasteiger partial charge in [0.2, 0.25) is 0 Å². The van der Waals surface area contributed by atoms with Crippen LogP contribution < -0.4 is 0 Å². The van der Waals surface area contributed by atoms with E-state index < -0.39 is 0 Å². The Kier molecular flexibility index (Phi) is 4.00. The van der Waals surface area contributed by atoms with E-state index in [0.717, 1.165) is 40.6 Å². The normalized spacial score (nSPS) is 19.6. The lowest BCUT2D eigenvalue weighted by atomic mass is 9.98. The molecule has 1 unspecified atom stereocenters. The van der Waals surface area contributed by atoms with E-state index in [0.29, 0.717) is 6.42 Å². The zero-order chi connectivity index (χ0) is 12.4. The number of carbonyl (C=O) groups excluding carboxylic acids is 1. The second-order valence-electron chi connectivity index (χ2n) is 4.68. The molecule has 1 aliphatic rings. The summed E-state index contributed by atoms with van der Waals surface area (Å²) in [5.74, 6) is 0.199. The first-order chi connectivity index (χ1) is 8.08. The number of ketones is 1. The molecule has 1 heterocycles. The predicted molar refractivity (Wildman–Crippen MR) is 71.5 cm³/mol. The van der Waals surface area contributed by atoms with E-state index in [-0.39, 0.29) is 11.9 Å². The Bertz CT molecular complexity index is 434. The summed E-state index contributed by atoms with van der Waals surface area (Å²) in [6.45, 7) is 4.79. The van der Waals surface area contributed by atoms with Crippen molar-refractivity contribution >= 4 is 21.7 Å². The summed E-state index contributed by atoms with van der Waals surface area (Å²) in [5.41, 5.74) is 2.97. The second-order valence-corrected chi connectivity index (χ2v) is 5.53. The third-order valence-electron chi connectivity index (χ3n) is 3.24. The molecular formula is C14H17BrO2. The summed E-state index contributed by atoms with van der Waals surface area (Å²) in [6, 6.07) is 3.98. The Balaban J connectivity index is 2.15. The molecule has 0 aliphatic carbocycles. The number of ether oxygens (including phenoxy) is 1. The molecule has 2 nitrogen and oxygen atoms in total. The molecular weight excluding hydrogens is 280 g/mol. The standard InChI is InChI=1S/C14H17BrO2/c1-9-7-13(15)10(2)6-12(9)14(16)8-11-4-3-5-17-11/h6-7,11H,3-5,8H2,1-2H3. The molecule has 0 radical (unpaired) electrons. The third-order valence-corrected chi connectivity index (χ3v) is 4.10. The van der Waals surface area contributed by atoms with Crippen molar-refractivity contribution in [1.82, 2.24) is 0 Å². The van der Waals surface area contributed by atoms with E-state index in [4.69, 9.17) is 4.74 Å². The van der Waals surface area contributed by atoms with Crippen molar-refractivity contribution in [3.05, 3.63) is 33.3 Å². The first kappa shape index (κ1) is 12.8. The van der Waals surface area contributed by atoms with E-state index in [2.05, 4.69) is 15.9 Å². The molecule has 0 bridgehead atoms. The van der Waals surface area contributed by atoms with Crippen LogP contribution in [0.15, 0.2) is 16.6 Å². The van der Waals surface area contributed by atoms with Crippen LogP contribution in [0.25, 0.3) is 0 Å². The van der Waals surface area contributed by atoms with Crippen molar-refractivity contribution in [2.45, 2.75) is 39.2 Å². The highest BCUT2D eigenvalue weighted by Crippen LogP contribution is 2.24. The SMILES string of the molecule is Cc1cc(C(=O)CC2CCCO2)c(C)cc1Br. The van der Waals surface area contributed by atoms with Crippen LogP contribution in [0.1, 0.15) is 40.7 Å². The molecule has 2 rings (SSSR count). The molecule has 1 fully saturated rings. The van der Waals surface area contributed by atoms with E-state index in [1.54, 1.807) is 0 Å². The van der Waals surface area contributed by atoms with Gasteiger partial charge in [-0.3, -0.25) is 4.79 Å².